The molecule has 2 aromatic heterocycles. The van der Waals surface area contributed by atoms with Gasteiger partial charge in [0, 0.05) is 17.8 Å². The zero-order valence-corrected chi connectivity index (χ0v) is 18.0. The highest BCUT2D eigenvalue weighted by atomic mass is 16.5. The highest BCUT2D eigenvalue weighted by molar-refractivity contribution is 5.55. The minimum absolute atomic E-state index is 0.00516. The fourth-order valence-corrected chi connectivity index (χ4v) is 4.24. The average molecular weight is 437 g/mol. The fraction of sp³-hybridized carbons (Fsp3) is 0.455. The summed E-state index contributed by atoms with van der Waals surface area (Å²) in [6.07, 6.45) is 6.25. The number of hydrogen-bond donors (Lipinski definition) is 3. The molecule has 0 spiro atoms. The molecule has 0 amide bonds. The van der Waals surface area contributed by atoms with Crippen LogP contribution in [0.4, 0.5) is 17.6 Å². The van der Waals surface area contributed by atoms with Crippen molar-refractivity contribution in [2.24, 2.45) is 0 Å². The molecule has 10 nitrogen and oxygen atoms in total. The van der Waals surface area contributed by atoms with Gasteiger partial charge in [0.05, 0.1) is 5.69 Å². The lowest BCUT2D eigenvalue weighted by molar-refractivity contribution is 0.238. The van der Waals surface area contributed by atoms with Gasteiger partial charge in [-0.3, -0.25) is 4.90 Å². The van der Waals surface area contributed by atoms with Gasteiger partial charge in [-0.2, -0.15) is 14.6 Å². The number of likely N-dealkylation sites (tertiary alicyclic amines) is 1. The van der Waals surface area contributed by atoms with Gasteiger partial charge in [-0.1, -0.05) is 0 Å². The summed E-state index contributed by atoms with van der Waals surface area (Å²) in [5, 5.41) is 17.8. The maximum Gasteiger partial charge on any atom is 0.257 e. The first-order valence-electron chi connectivity index (χ1n) is 11.2. The minimum Gasteiger partial charge on any atom is -0.493 e. The Morgan fingerprint density at radius 2 is 1.78 bits per heavy atom. The molecule has 32 heavy (non-hydrogen) atoms. The highest BCUT2D eigenvalue weighted by Crippen LogP contribution is 2.27. The molecule has 1 aliphatic heterocycles. The number of fused-ring (bicyclic) bond motifs is 1. The van der Waals surface area contributed by atoms with Crippen LogP contribution in [0.2, 0.25) is 0 Å². The van der Waals surface area contributed by atoms with Crippen LogP contribution in [0.5, 0.6) is 11.6 Å². The number of hydrogen-bond acceptors (Lipinski definition) is 9. The SMILES string of the molecule is Nc1nc(Nc2ccc(OCCN3CCCC3)cc2)nn1-c1nc(O)c2c(n1)CCCC2. The Balaban J connectivity index is 1.24. The van der Waals surface area contributed by atoms with E-state index in [0.717, 1.165) is 54.9 Å². The van der Waals surface area contributed by atoms with Crippen LogP contribution in [0.15, 0.2) is 24.3 Å². The van der Waals surface area contributed by atoms with E-state index in [0.29, 0.717) is 12.6 Å². The van der Waals surface area contributed by atoms with Crippen molar-refractivity contribution in [3.05, 3.63) is 35.5 Å². The van der Waals surface area contributed by atoms with E-state index in [9.17, 15) is 5.11 Å². The maximum atomic E-state index is 10.3. The molecule has 4 N–H and O–H groups in total. The van der Waals surface area contributed by atoms with Crippen LogP contribution in [-0.4, -0.2) is 61.0 Å². The molecule has 1 saturated heterocycles. The second-order valence-corrected chi connectivity index (χ2v) is 8.23. The van der Waals surface area contributed by atoms with E-state index >= 15 is 0 Å². The number of rotatable bonds is 7. The van der Waals surface area contributed by atoms with Crippen molar-refractivity contribution in [1.82, 2.24) is 29.6 Å². The van der Waals surface area contributed by atoms with Gasteiger partial charge in [-0.25, -0.2) is 4.98 Å². The standard InChI is InChI=1S/C22H28N8O2/c23-20-27-21(28-30(20)22-25-18-6-2-1-5-17(18)19(31)26-22)24-15-7-9-16(10-8-15)32-14-13-29-11-3-4-12-29/h7-10H,1-6,11-14H2,(H,25,26,31)(H3,23,24,27,28). The van der Waals surface area contributed by atoms with Gasteiger partial charge in [-0.05, 0) is 75.9 Å². The first-order chi connectivity index (χ1) is 15.7. The molecule has 0 unspecified atom stereocenters. The Morgan fingerprint density at radius 3 is 2.59 bits per heavy atom. The molecule has 5 rings (SSSR count). The Kier molecular flexibility index (Phi) is 5.76. The van der Waals surface area contributed by atoms with Gasteiger partial charge in [0.1, 0.15) is 12.4 Å². The van der Waals surface area contributed by atoms with Crippen molar-refractivity contribution in [2.45, 2.75) is 38.5 Å². The molecular weight excluding hydrogens is 408 g/mol. The van der Waals surface area contributed by atoms with Crippen LogP contribution in [-0.2, 0) is 12.8 Å². The molecule has 1 aliphatic carbocycles. The summed E-state index contributed by atoms with van der Waals surface area (Å²) in [6.45, 7) is 3.99. The predicted octanol–water partition coefficient (Wildman–Crippen LogP) is 2.44. The largest absolute Gasteiger partial charge is 0.493 e. The minimum atomic E-state index is -0.00516. The number of nitrogen functional groups attached to an aromatic ring is 1. The predicted molar refractivity (Wildman–Crippen MR) is 121 cm³/mol. The second kappa shape index (κ2) is 8.99. The topological polar surface area (TPSA) is 127 Å². The van der Waals surface area contributed by atoms with Crippen molar-refractivity contribution in [1.29, 1.82) is 0 Å². The van der Waals surface area contributed by atoms with Gasteiger partial charge < -0.3 is 20.9 Å². The highest BCUT2D eigenvalue weighted by Gasteiger charge is 2.20. The van der Waals surface area contributed by atoms with Crippen LogP contribution >= 0.6 is 0 Å². The molecule has 3 aromatic rings. The Bertz CT molecular complexity index is 1080. The first kappa shape index (κ1) is 20.5. The second-order valence-electron chi connectivity index (χ2n) is 8.23. The van der Waals surface area contributed by atoms with Gasteiger partial charge in [0.15, 0.2) is 0 Å². The summed E-state index contributed by atoms with van der Waals surface area (Å²) in [6, 6.07) is 7.64. The van der Waals surface area contributed by atoms with Crippen molar-refractivity contribution >= 4 is 17.6 Å². The summed E-state index contributed by atoms with van der Waals surface area (Å²) < 4.78 is 7.19. The number of nitrogens with zero attached hydrogens (tertiary/aromatic N) is 6. The van der Waals surface area contributed by atoms with E-state index in [1.165, 1.54) is 30.6 Å². The van der Waals surface area contributed by atoms with Crippen LogP contribution < -0.4 is 15.8 Å². The number of aromatic hydroxyl groups is 1. The van der Waals surface area contributed by atoms with E-state index in [1.54, 1.807) is 0 Å². The number of aryl methyl sites for hydroxylation is 1. The third-order valence-corrected chi connectivity index (χ3v) is 5.96. The lowest BCUT2D eigenvalue weighted by Gasteiger charge is -2.16. The number of ether oxygens (including phenoxy) is 1. The lowest BCUT2D eigenvalue weighted by atomic mass is 9.97. The summed E-state index contributed by atoms with van der Waals surface area (Å²) in [4.78, 5) is 15.4. The zero-order chi connectivity index (χ0) is 21.9. The third kappa shape index (κ3) is 4.45. The molecule has 0 atom stereocenters. The van der Waals surface area contributed by atoms with Gasteiger partial charge >= 0.3 is 0 Å². The summed E-state index contributed by atoms with van der Waals surface area (Å²) in [7, 11) is 0. The molecule has 2 aliphatic rings. The van der Waals surface area contributed by atoms with Crippen molar-refractivity contribution in [2.75, 3.05) is 37.3 Å². The molecule has 10 heteroatoms. The molecule has 0 saturated carbocycles. The van der Waals surface area contributed by atoms with E-state index < -0.39 is 0 Å². The average Bonchev–Trinajstić information content (AvgIpc) is 3.44. The molecular formula is C22H28N8O2. The zero-order valence-electron chi connectivity index (χ0n) is 18.0. The van der Waals surface area contributed by atoms with Gasteiger partial charge in [-0.15, -0.1) is 5.10 Å². The Morgan fingerprint density at radius 1 is 1.00 bits per heavy atom. The van der Waals surface area contributed by atoms with E-state index in [-0.39, 0.29) is 17.8 Å². The van der Waals surface area contributed by atoms with Gasteiger partial charge in [0.25, 0.3) is 5.95 Å². The van der Waals surface area contributed by atoms with Crippen LogP contribution in [0.1, 0.15) is 36.9 Å². The molecule has 0 radical (unpaired) electrons. The quantitative estimate of drug-likeness (QED) is 0.512. The third-order valence-electron chi connectivity index (χ3n) is 5.96. The summed E-state index contributed by atoms with van der Waals surface area (Å²) in [5.74, 6) is 1.51. The van der Waals surface area contributed by atoms with Gasteiger partial charge in [0.2, 0.25) is 17.8 Å². The van der Waals surface area contributed by atoms with E-state index in [2.05, 4.69) is 30.3 Å². The molecule has 1 aromatic carbocycles. The van der Waals surface area contributed by atoms with Crippen molar-refractivity contribution in [3.63, 3.8) is 0 Å². The maximum absolute atomic E-state index is 10.3. The number of nitrogens with one attached hydrogen (secondary N) is 1. The van der Waals surface area contributed by atoms with Crippen molar-refractivity contribution in [3.8, 4) is 17.6 Å². The first-order valence-corrected chi connectivity index (χ1v) is 11.2. The molecule has 1 fully saturated rings. The Labute approximate surface area is 186 Å². The normalized spacial score (nSPS) is 16.1. The van der Waals surface area contributed by atoms with Crippen molar-refractivity contribution < 1.29 is 9.84 Å². The number of anilines is 3. The number of benzene rings is 1. The van der Waals surface area contributed by atoms with Crippen LogP contribution in [0.3, 0.4) is 0 Å². The lowest BCUT2D eigenvalue weighted by Crippen LogP contribution is -2.25. The summed E-state index contributed by atoms with van der Waals surface area (Å²) in [5.41, 5.74) is 8.53. The monoisotopic (exact) mass is 436 g/mol. The van der Waals surface area contributed by atoms with E-state index in [1.807, 2.05) is 24.3 Å². The Hall–Kier alpha value is -3.40. The molecule has 168 valence electrons. The summed E-state index contributed by atoms with van der Waals surface area (Å²) >= 11 is 0. The van der Waals surface area contributed by atoms with E-state index in [4.69, 9.17) is 10.5 Å². The molecule has 0 bridgehead atoms. The van der Waals surface area contributed by atoms with Crippen LogP contribution in [0.25, 0.3) is 5.95 Å². The number of aromatic nitrogens is 5. The molecule has 3 heterocycles. The smallest absolute Gasteiger partial charge is 0.257 e. The fourth-order valence-electron chi connectivity index (χ4n) is 4.24. The number of nitrogens with two attached hydrogens (primary N) is 1. The van der Waals surface area contributed by atoms with Crippen LogP contribution in [0, 0.1) is 0 Å².